The van der Waals surface area contributed by atoms with E-state index in [1.54, 1.807) is 0 Å². The van der Waals surface area contributed by atoms with Gasteiger partial charge in [0.1, 0.15) is 23.1 Å². The predicted molar refractivity (Wildman–Crippen MR) is 257 cm³/mol. The van der Waals surface area contributed by atoms with Crippen LogP contribution in [0.4, 0.5) is 17.2 Å². The van der Waals surface area contributed by atoms with Crippen molar-refractivity contribution in [1.82, 2.24) is 19.1 Å². The summed E-state index contributed by atoms with van der Waals surface area (Å²) in [6, 6.07) is 75.7. The van der Waals surface area contributed by atoms with E-state index in [-0.39, 0.29) is 0 Å². The molecule has 1 aliphatic rings. The van der Waals surface area contributed by atoms with Gasteiger partial charge in [-0.25, -0.2) is 9.97 Å². The molecule has 0 fully saturated rings. The van der Waals surface area contributed by atoms with Crippen LogP contribution < -0.4 is 30.4 Å². The fourth-order valence-corrected chi connectivity index (χ4v) is 15.1. The second-order valence-corrected chi connectivity index (χ2v) is 19.5. The molecule has 11 aromatic rings. The molecular formula is C55H39N5OSi. The molecule has 0 unspecified atom stereocenters. The van der Waals surface area contributed by atoms with Crippen LogP contribution in [0.15, 0.2) is 219 Å². The maximum atomic E-state index is 6.75. The van der Waals surface area contributed by atoms with Crippen molar-refractivity contribution in [1.29, 1.82) is 0 Å². The van der Waals surface area contributed by atoms with Gasteiger partial charge in [0.05, 0.1) is 27.8 Å². The number of aryl methyl sites for hydroxylation is 1. The van der Waals surface area contributed by atoms with Crippen LogP contribution in [-0.2, 0) is 7.05 Å². The molecule has 0 bridgehead atoms. The van der Waals surface area contributed by atoms with Gasteiger partial charge in [0.15, 0.2) is 8.07 Å². The molecule has 294 valence electrons. The number of pyridine rings is 1. The van der Waals surface area contributed by atoms with Crippen molar-refractivity contribution >= 4 is 78.9 Å². The van der Waals surface area contributed by atoms with Crippen molar-refractivity contribution in [2.45, 2.75) is 0 Å². The van der Waals surface area contributed by atoms with Gasteiger partial charge in [-0.2, -0.15) is 0 Å². The maximum absolute atomic E-state index is 6.75. The van der Waals surface area contributed by atoms with E-state index in [0.29, 0.717) is 0 Å². The number of hydrogen-bond acceptors (Lipinski definition) is 4. The minimum Gasteiger partial charge on any atom is -0.457 e. The highest BCUT2D eigenvalue weighted by molar-refractivity contribution is 7.22. The number of imidazole rings is 1. The summed E-state index contributed by atoms with van der Waals surface area (Å²) in [5.74, 6) is 3.26. The van der Waals surface area contributed by atoms with E-state index in [0.717, 1.165) is 67.7 Å². The van der Waals surface area contributed by atoms with Crippen LogP contribution in [0.1, 0.15) is 0 Å². The number of hydrogen-bond donors (Lipinski definition) is 0. The molecular weight excluding hydrogens is 775 g/mol. The van der Waals surface area contributed by atoms with Gasteiger partial charge in [0, 0.05) is 52.2 Å². The number of anilines is 3. The van der Waals surface area contributed by atoms with Crippen LogP contribution in [0.2, 0.25) is 0 Å². The van der Waals surface area contributed by atoms with E-state index in [1.807, 2.05) is 30.3 Å². The molecule has 0 aliphatic carbocycles. The fourth-order valence-electron chi connectivity index (χ4n) is 9.86. The lowest BCUT2D eigenvalue weighted by molar-refractivity contribution is 0.483. The van der Waals surface area contributed by atoms with Gasteiger partial charge in [-0.3, -0.25) is 4.90 Å². The summed E-state index contributed by atoms with van der Waals surface area (Å²) in [5.41, 5.74) is 8.54. The van der Waals surface area contributed by atoms with E-state index in [9.17, 15) is 0 Å². The summed E-state index contributed by atoms with van der Waals surface area (Å²) in [7, 11) is -1.08. The predicted octanol–water partition coefficient (Wildman–Crippen LogP) is 10.7. The monoisotopic (exact) mass is 813 g/mol. The first-order chi connectivity index (χ1) is 30.7. The van der Waals surface area contributed by atoms with E-state index >= 15 is 0 Å². The van der Waals surface area contributed by atoms with Gasteiger partial charge in [-0.15, -0.1) is 0 Å². The van der Waals surface area contributed by atoms with E-state index < -0.39 is 8.07 Å². The Morgan fingerprint density at radius 1 is 0.516 bits per heavy atom. The topological polar surface area (TPSA) is 48.1 Å². The number of rotatable bonds is 7. The average molecular weight is 814 g/mol. The Balaban J connectivity index is 1.11. The second kappa shape index (κ2) is 14.3. The minimum absolute atomic E-state index is 0.725. The van der Waals surface area contributed by atoms with Crippen LogP contribution in [-0.4, -0.2) is 27.2 Å². The second-order valence-electron chi connectivity index (χ2n) is 15.9. The summed E-state index contributed by atoms with van der Waals surface area (Å²) in [6.07, 6.45) is 2.10. The number of benzene rings is 8. The zero-order valence-corrected chi connectivity index (χ0v) is 34.9. The fraction of sp³-hybridized carbons (Fsp3) is 0.0182. The van der Waals surface area contributed by atoms with Gasteiger partial charge in [0.25, 0.3) is 0 Å². The summed E-state index contributed by atoms with van der Waals surface area (Å²) in [4.78, 5) is 12.9. The van der Waals surface area contributed by atoms with Crippen molar-refractivity contribution in [3.8, 4) is 28.6 Å². The lowest BCUT2D eigenvalue weighted by atomic mass is 10.1. The Hall–Kier alpha value is -8.00. The van der Waals surface area contributed by atoms with Crippen LogP contribution in [0.3, 0.4) is 0 Å². The normalized spacial score (nSPS) is 13.0. The van der Waals surface area contributed by atoms with E-state index in [1.165, 1.54) is 31.6 Å². The summed E-state index contributed by atoms with van der Waals surface area (Å²) < 4.78 is 11.4. The van der Waals surface area contributed by atoms with Crippen LogP contribution in [0.5, 0.6) is 11.5 Å². The zero-order valence-electron chi connectivity index (χ0n) is 33.9. The number of fused-ring (bicyclic) bond motifs is 7. The number of ether oxygens (including phenoxy) is 1. The summed E-state index contributed by atoms with van der Waals surface area (Å²) >= 11 is 0. The van der Waals surface area contributed by atoms with Crippen LogP contribution in [0, 0.1) is 0 Å². The standard InChI is InChI=1S/C55H39N5OSi/c1-58-49-32-14-12-30-47(49)57-54(58)38-19-17-23-41(35-38)61-42-24-18-22-40(36-42)60-50-33-15-16-34-51(50)62(43-25-7-3-8-26-43,44-27-9-4-10-28-44)53-52-46(37-56-55(53)60)45-29-11-13-31-48(45)59(52)39-20-5-2-6-21-39/h2-37H,1H3. The molecule has 7 heteroatoms. The van der Waals surface area contributed by atoms with Gasteiger partial charge >= 0.3 is 0 Å². The van der Waals surface area contributed by atoms with E-state index in [4.69, 9.17) is 14.7 Å². The quantitative estimate of drug-likeness (QED) is 0.150. The Kier molecular flexibility index (Phi) is 8.30. The highest BCUT2D eigenvalue weighted by Gasteiger charge is 2.51. The van der Waals surface area contributed by atoms with Crippen molar-refractivity contribution < 1.29 is 4.74 Å². The molecule has 8 aromatic carbocycles. The Morgan fingerprint density at radius 3 is 1.89 bits per heavy atom. The third-order valence-corrected chi connectivity index (χ3v) is 17.3. The largest absolute Gasteiger partial charge is 0.457 e. The maximum Gasteiger partial charge on any atom is 0.188 e. The van der Waals surface area contributed by atoms with Gasteiger partial charge in [0.2, 0.25) is 0 Å². The molecule has 0 saturated carbocycles. The molecule has 0 N–H and O–H groups in total. The van der Waals surface area contributed by atoms with Crippen LogP contribution >= 0.6 is 0 Å². The first-order valence-electron chi connectivity index (χ1n) is 21.0. The SMILES string of the molecule is Cn1c(-c2cccc(Oc3cccc(N4c5ccccc5[Si](c5ccccc5)(c5ccccc5)c5c4ncc4c6ccccc6n(-c6ccccc6)c54)c3)c2)nc2ccccc21. The van der Waals surface area contributed by atoms with Gasteiger partial charge in [-0.1, -0.05) is 146 Å². The first kappa shape index (κ1) is 35.9. The molecule has 62 heavy (non-hydrogen) atoms. The van der Waals surface area contributed by atoms with E-state index in [2.05, 4.69) is 209 Å². The number of nitrogens with zero attached hydrogens (tertiary/aromatic N) is 5. The third kappa shape index (κ3) is 5.42. The lowest BCUT2D eigenvalue weighted by Gasteiger charge is -2.44. The molecule has 0 spiro atoms. The van der Waals surface area contributed by atoms with Gasteiger partial charge < -0.3 is 13.9 Å². The first-order valence-corrected chi connectivity index (χ1v) is 23.0. The lowest BCUT2D eigenvalue weighted by Crippen LogP contribution is -2.77. The highest BCUT2D eigenvalue weighted by Crippen LogP contribution is 2.43. The molecule has 1 aliphatic heterocycles. The highest BCUT2D eigenvalue weighted by atomic mass is 28.3. The molecule has 0 amide bonds. The minimum atomic E-state index is -3.14. The molecule has 12 rings (SSSR count). The Labute approximate surface area is 360 Å². The molecule has 4 heterocycles. The molecule has 6 nitrogen and oxygen atoms in total. The smallest absolute Gasteiger partial charge is 0.188 e. The number of para-hydroxylation sites is 5. The van der Waals surface area contributed by atoms with Crippen LogP contribution in [0.25, 0.3) is 49.9 Å². The van der Waals surface area contributed by atoms with Gasteiger partial charge in [-0.05, 0) is 76.2 Å². The summed E-state index contributed by atoms with van der Waals surface area (Å²) in [5, 5.41) is 7.45. The molecule has 0 saturated heterocycles. The molecule has 0 radical (unpaired) electrons. The third-order valence-electron chi connectivity index (χ3n) is 12.4. The van der Waals surface area contributed by atoms with Crippen molar-refractivity contribution in [3.05, 3.63) is 219 Å². The van der Waals surface area contributed by atoms with Crippen molar-refractivity contribution in [3.63, 3.8) is 0 Å². The van der Waals surface area contributed by atoms with Crippen molar-refractivity contribution in [2.75, 3.05) is 4.90 Å². The molecule has 0 atom stereocenters. The average Bonchev–Trinajstić information content (AvgIpc) is 3.86. The molecule has 3 aromatic heterocycles. The Morgan fingerprint density at radius 2 is 1.13 bits per heavy atom. The van der Waals surface area contributed by atoms with Crippen molar-refractivity contribution in [2.24, 2.45) is 7.05 Å². The zero-order chi connectivity index (χ0) is 41.2. The summed E-state index contributed by atoms with van der Waals surface area (Å²) in [6.45, 7) is 0. The Bertz CT molecular complexity index is 3430. The number of aromatic nitrogens is 4.